The van der Waals surface area contributed by atoms with Gasteiger partial charge >= 0.3 is 12.5 Å². The zero-order valence-electron chi connectivity index (χ0n) is 18.1. The molecule has 5 aromatic rings. The molecule has 0 aliphatic rings. The SMILES string of the molecule is FC(F)(F)Oc1ccc(-c2ccc3nnc(C(F)(F)OCc4cn(-c5ccccc5)nn4)n3c2)cc1. The average molecular weight is 502 g/mol. The molecule has 0 aliphatic carbocycles. The van der Waals surface area contributed by atoms with Crippen molar-refractivity contribution in [1.82, 2.24) is 29.6 Å². The molecule has 0 aliphatic heterocycles. The summed E-state index contributed by atoms with van der Waals surface area (Å²) in [4.78, 5) is 0. The van der Waals surface area contributed by atoms with Crippen molar-refractivity contribution in [3.05, 3.63) is 90.6 Å². The highest BCUT2D eigenvalue weighted by Gasteiger charge is 2.39. The van der Waals surface area contributed by atoms with Crippen LogP contribution in [0.3, 0.4) is 0 Å². The Labute approximate surface area is 199 Å². The van der Waals surface area contributed by atoms with Crippen molar-refractivity contribution in [3.8, 4) is 22.6 Å². The van der Waals surface area contributed by atoms with Crippen LogP contribution >= 0.6 is 0 Å². The first-order valence-corrected chi connectivity index (χ1v) is 10.4. The minimum absolute atomic E-state index is 0.129. The Morgan fingerprint density at radius 2 is 1.47 bits per heavy atom. The van der Waals surface area contributed by atoms with Gasteiger partial charge in [-0.1, -0.05) is 35.5 Å². The fraction of sp³-hybridized carbons (Fsp3) is 0.130. The number of halogens is 5. The van der Waals surface area contributed by atoms with Crippen LogP contribution in [0.25, 0.3) is 22.5 Å². The lowest BCUT2D eigenvalue weighted by molar-refractivity contribution is -0.274. The van der Waals surface area contributed by atoms with Crippen LogP contribution in [0, 0.1) is 0 Å². The number of aromatic nitrogens is 6. The van der Waals surface area contributed by atoms with Crippen molar-refractivity contribution in [3.63, 3.8) is 0 Å². The summed E-state index contributed by atoms with van der Waals surface area (Å²) in [7, 11) is 0. The number of benzene rings is 2. The summed E-state index contributed by atoms with van der Waals surface area (Å²) in [6, 6.07) is 17.0. The van der Waals surface area contributed by atoms with Gasteiger partial charge in [-0.3, -0.25) is 4.40 Å². The maximum atomic E-state index is 15.0. The molecule has 184 valence electrons. The Kier molecular flexibility index (Phi) is 5.84. The summed E-state index contributed by atoms with van der Waals surface area (Å²) in [5.41, 5.74) is 1.91. The van der Waals surface area contributed by atoms with Crippen LogP contribution in [-0.4, -0.2) is 36.0 Å². The van der Waals surface area contributed by atoms with Crippen LogP contribution < -0.4 is 4.74 Å². The molecule has 3 heterocycles. The normalized spacial score (nSPS) is 12.2. The van der Waals surface area contributed by atoms with Gasteiger partial charge in [0.2, 0.25) is 5.82 Å². The van der Waals surface area contributed by atoms with Gasteiger partial charge in [-0.05, 0) is 47.5 Å². The number of hydrogen-bond donors (Lipinski definition) is 0. The van der Waals surface area contributed by atoms with E-state index >= 15 is 0 Å². The van der Waals surface area contributed by atoms with Crippen LogP contribution in [0.5, 0.6) is 5.75 Å². The van der Waals surface area contributed by atoms with Crippen LogP contribution in [0.4, 0.5) is 22.0 Å². The highest BCUT2D eigenvalue weighted by molar-refractivity contribution is 5.65. The van der Waals surface area contributed by atoms with E-state index in [-0.39, 0.29) is 11.3 Å². The third-order valence-corrected chi connectivity index (χ3v) is 5.05. The van der Waals surface area contributed by atoms with E-state index in [0.717, 1.165) is 16.5 Å². The molecule has 0 N–H and O–H groups in total. The third kappa shape index (κ3) is 5.00. The minimum Gasteiger partial charge on any atom is -0.406 e. The van der Waals surface area contributed by atoms with E-state index in [1.165, 1.54) is 35.3 Å². The quantitative estimate of drug-likeness (QED) is 0.287. The van der Waals surface area contributed by atoms with E-state index in [2.05, 4.69) is 25.2 Å². The lowest BCUT2D eigenvalue weighted by Gasteiger charge is -2.14. The van der Waals surface area contributed by atoms with E-state index in [1.807, 2.05) is 6.07 Å². The van der Waals surface area contributed by atoms with E-state index in [0.29, 0.717) is 16.8 Å². The monoisotopic (exact) mass is 502 g/mol. The molecule has 0 amide bonds. The van der Waals surface area contributed by atoms with Crippen LogP contribution in [-0.2, 0) is 17.5 Å². The fourth-order valence-electron chi connectivity index (χ4n) is 3.41. The third-order valence-electron chi connectivity index (χ3n) is 5.05. The first kappa shape index (κ1) is 23.4. The van der Waals surface area contributed by atoms with Crippen molar-refractivity contribution in [2.75, 3.05) is 0 Å². The number of ether oxygens (including phenoxy) is 2. The van der Waals surface area contributed by atoms with Crippen LogP contribution in [0.2, 0.25) is 0 Å². The zero-order chi connectivity index (χ0) is 25.3. The molecular formula is C23H15F5N6O2. The first-order valence-electron chi connectivity index (χ1n) is 10.4. The van der Waals surface area contributed by atoms with Crippen molar-refractivity contribution in [2.45, 2.75) is 19.1 Å². The predicted molar refractivity (Wildman–Crippen MR) is 115 cm³/mol. The number of hydrogen-bond acceptors (Lipinski definition) is 6. The van der Waals surface area contributed by atoms with Gasteiger partial charge in [-0.15, -0.1) is 28.5 Å². The van der Waals surface area contributed by atoms with Crippen LogP contribution in [0.15, 0.2) is 79.1 Å². The predicted octanol–water partition coefficient (Wildman–Crippen LogP) is 5.14. The molecule has 0 spiro atoms. The standard InChI is InChI=1S/C23H15F5N6O2/c24-22(25,35-14-17-13-34(32-29-17)18-4-2-1-3-5-18)21-31-30-20-11-8-16(12-33(20)21)15-6-9-19(10-7-15)36-23(26,27)28/h1-13H,14H2. The molecule has 8 nitrogen and oxygen atoms in total. The molecule has 0 unspecified atom stereocenters. The van der Waals surface area contributed by atoms with Crippen molar-refractivity contribution < 1.29 is 31.4 Å². The van der Waals surface area contributed by atoms with E-state index in [4.69, 9.17) is 4.74 Å². The van der Waals surface area contributed by atoms with E-state index in [1.54, 1.807) is 30.3 Å². The number of pyridine rings is 1. The summed E-state index contributed by atoms with van der Waals surface area (Å²) < 4.78 is 78.2. The van der Waals surface area contributed by atoms with E-state index in [9.17, 15) is 22.0 Å². The molecule has 13 heteroatoms. The average Bonchev–Trinajstić information content (AvgIpc) is 3.50. The van der Waals surface area contributed by atoms with Gasteiger partial charge in [0.15, 0.2) is 5.65 Å². The second-order valence-corrected chi connectivity index (χ2v) is 7.54. The number of para-hydroxylation sites is 1. The second kappa shape index (κ2) is 9.00. The number of nitrogens with zero attached hydrogens (tertiary/aromatic N) is 6. The molecule has 0 radical (unpaired) electrons. The molecule has 0 fully saturated rings. The Morgan fingerprint density at radius 1 is 0.750 bits per heavy atom. The molecule has 3 aromatic heterocycles. The van der Waals surface area contributed by atoms with Gasteiger partial charge < -0.3 is 9.47 Å². The molecule has 5 rings (SSSR count). The summed E-state index contributed by atoms with van der Waals surface area (Å²) >= 11 is 0. The largest absolute Gasteiger partial charge is 0.573 e. The fourth-order valence-corrected chi connectivity index (χ4v) is 3.41. The molecule has 36 heavy (non-hydrogen) atoms. The number of alkyl halides is 5. The lowest BCUT2D eigenvalue weighted by atomic mass is 10.1. The van der Waals surface area contributed by atoms with Gasteiger partial charge in [0.1, 0.15) is 11.4 Å². The molecule has 0 saturated heterocycles. The molecular weight excluding hydrogens is 487 g/mol. The highest BCUT2D eigenvalue weighted by atomic mass is 19.4. The maximum absolute atomic E-state index is 15.0. The molecule has 0 atom stereocenters. The molecule has 0 bridgehead atoms. The topological polar surface area (TPSA) is 79.4 Å². The number of fused-ring (bicyclic) bond motifs is 1. The minimum atomic E-state index is -4.82. The molecule has 2 aromatic carbocycles. The zero-order valence-corrected chi connectivity index (χ0v) is 18.1. The first-order chi connectivity index (χ1) is 17.2. The van der Waals surface area contributed by atoms with Crippen molar-refractivity contribution >= 4 is 5.65 Å². The van der Waals surface area contributed by atoms with Crippen molar-refractivity contribution in [1.29, 1.82) is 0 Å². The Morgan fingerprint density at radius 3 is 2.19 bits per heavy atom. The highest BCUT2D eigenvalue weighted by Crippen LogP contribution is 2.31. The summed E-state index contributed by atoms with van der Waals surface area (Å²) in [5, 5.41) is 15.1. The Balaban J connectivity index is 1.35. The van der Waals surface area contributed by atoms with E-state index < -0.39 is 30.7 Å². The maximum Gasteiger partial charge on any atom is 0.573 e. The smallest absolute Gasteiger partial charge is 0.406 e. The number of rotatable bonds is 7. The van der Waals surface area contributed by atoms with Crippen LogP contribution in [0.1, 0.15) is 11.5 Å². The summed E-state index contributed by atoms with van der Waals surface area (Å²) in [6.07, 6.45) is -5.84. The Bertz CT molecular complexity index is 1480. The lowest BCUT2D eigenvalue weighted by Crippen LogP contribution is -2.21. The van der Waals surface area contributed by atoms with Crippen molar-refractivity contribution in [2.24, 2.45) is 0 Å². The van der Waals surface area contributed by atoms with Gasteiger partial charge in [-0.25, -0.2) is 4.68 Å². The van der Waals surface area contributed by atoms with Gasteiger partial charge in [0.25, 0.3) is 0 Å². The van der Waals surface area contributed by atoms with Gasteiger partial charge in [0, 0.05) is 6.20 Å². The summed E-state index contributed by atoms with van der Waals surface area (Å²) in [5.74, 6) is -1.17. The second-order valence-electron chi connectivity index (χ2n) is 7.54. The van der Waals surface area contributed by atoms with Gasteiger partial charge in [-0.2, -0.15) is 8.78 Å². The summed E-state index contributed by atoms with van der Waals surface area (Å²) in [6.45, 7) is -0.547. The molecule has 0 saturated carbocycles. The van der Waals surface area contributed by atoms with Gasteiger partial charge in [0.05, 0.1) is 18.5 Å². The Hall–Kier alpha value is -4.39.